The van der Waals surface area contributed by atoms with Gasteiger partial charge in [0.1, 0.15) is 5.82 Å². The number of aryl methyl sites for hydroxylation is 2. The molecule has 0 saturated heterocycles. The van der Waals surface area contributed by atoms with E-state index in [9.17, 15) is 8.42 Å². The molecule has 1 aromatic heterocycles. The van der Waals surface area contributed by atoms with Gasteiger partial charge in [0, 0.05) is 31.7 Å². The van der Waals surface area contributed by atoms with E-state index in [4.69, 9.17) is 5.26 Å². The Morgan fingerprint density at radius 2 is 2.26 bits per heavy atom. The zero-order valence-corrected chi connectivity index (χ0v) is 12.0. The number of nitrogens with zero attached hydrogens (tertiary/aromatic N) is 4. The molecule has 0 aromatic carbocycles. The maximum absolute atomic E-state index is 12.5. The van der Waals surface area contributed by atoms with Gasteiger partial charge < -0.3 is 4.57 Å². The maximum atomic E-state index is 12.5. The van der Waals surface area contributed by atoms with E-state index in [2.05, 4.69) is 4.98 Å². The van der Waals surface area contributed by atoms with Crippen LogP contribution in [0, 0.1) is 18.3 Å². The molecule has 1 heterocycles. The minimum atomic E-state index is -3.57. The highest BCUT2D eigenvalue weighted by atomic mass is 32.2. The van der Waals surface area contributed by atoms with Crippen LogP contribution in [0.15, 0.2) is 11.2 Å². The SMILES string of the molecule is CCn1cc(S(=O)(=O)N(CCC#N)C2CC2)nc1C. The lowest BCUT2D eigenvalue weighted by atomic mass is 10.4. The van der Waals surface area contributed by atoms with Crippen LogP contribution in [0.25, 0.3) is 0 Å². The van der Waals surface area contributed by atoms with Gasteiger partial charge in [-0.2, -0.15) is 9.57 Å². The van der Waals surface area contributed by atoms with Crippen molar-refractivity contribution in [3.05, 3.63) is 12.0 Å². The van der Waals surface area contributed by atoms with E-state index in [1.165, 1.54) is 4.31 Å². The fraction of sp³-hybridized carbons (Fsp3) is 0.667. The van der Waals surface area contributed by atoms with Crippen LogP contribution in [0.3, 0.4) is 0 Å². The lowest BCUT2D eigenvalue weighted by Crippen LogP contribution is -2.34. The lowest BCUT2D eigenvalue weighted by molar-refractivity contribution is 0.409. The van der Waals surface area contributed by atoms with Gasteiger partial charge in [0.05, 0.1) is 6.07 Å². The molecular formula is C12H18N4O2S. The van der Waals surface area contributed by atoms with E-state index < -0.39 is 10.0 Å². The molecule has 0 atom stereocenters. The smallest absolute Gasteiger partial charge is 0.262 e. The monoisotopic (exact) mass is 282 g/mol. The summed E-state index contributed by atoms with van der Waals surface area (Å²) in [5, 5.41) is 8.74. The summed E-state index contributed by atoms with van der Waals surface area (Å²) in [7, 11) is -3.57. The Labute approximate surface area is 113 Å². The van der Waals surface area contributed by atoms with E-state index in [1.807, 2.05) is 17.6 Å². The van der Waals surface area contributed by atoms with Gasteiger partial charge in [-0.1, -0.05) is 0 Å². The van der Waals surface area contributed by atoms with Crippen LogP contribution in [-0.4, -0.2) is 34.9 Å². The summed E-state index contributed by atoms with van der Waals surface area (Å²) in [5.74, 6) is 0.692. The van der Waals surface area contributed by atoms with Gasteiger partial charge in [-0.3, -0.25) is 0 Å². The summed E-state index contributed by atoms with van der Waals surface area (Å²) >= 11 is 0. The normalized spacial score (nSPS) is 15.7. The van der Waals surface area contributed by atoms with Crippen LogP contribution in [0.1, 0.15) is 32.0 Å². The second-order valence-corrected chi connectivity index (χ2v) is 6.50. The first-order chi connectivity index (χ1) is 9.00. The number of imidazole rings is 1. The van der Waals surface area contributed by atoms with Crippen LogP contribution in [0.4, 0.5) is 0 Å². The van der Waals surface area contributed by atoms with Crippen molar-refractivity contribution in [1.29, 1.82) is 5.26 Å². The van der Waals surface area contributed by atoms with Gasteiger partial charge >= 0.3 is 0 Å². The topological polar surface area (TPSA) is 79.0 Å². The van der Waals surface area contributed by atoms with Crippen molar-refractivity contribution >= 4 is 10.0 Å². The third-order valence-electron chi connectivity index (χ3n) is 3.27. The molecule has 19 heavy (non-hydrogen) atoms. The number of rotatable bonds is 6. The summed E-state index contributed by atoms with van der Waals surface area (Å²) in [6.45, 7) is 4.68. The van der Waals surface area contributed by atoms with E-state index in [-0.39, 0.29) is 24.0 Å². The first-order valence-electron chi connectivity index (χ1n) is 6.43. The van der Waals surface area contributed by atoms with Crippen molar-refractivity contribution in [2.45, 2.75) is 50.7 Å². The molecule has 0 bridgehead atoms. The highest BCUT2D eigenvalue weighted by molar-refractivity contribution is 7.89. The quantitative estimate of drug-likeness (QED) is 0.787. The third-order valence-corrected chi connectivity index (χ3v) is 5.09. The average Bonchev–Trinajstić information content (AvgIpc) is 3.11. The van der Waals surface area contributed by atoms with Gasteiger partial charge in [-0.25, -0.2) is 13.4 Å². The Kier molecular flexibility index (Phi) is 3.92. The van der Waals surface area contributed by atoms with Crippen molar-refractivity contribution in [3.63, 3.8) is 0 Å². The van der Waals surface area contributed by atoms with Crippen LogP contribution in [0.5, 0.6) is 0 Å². The second kappa shape index (κ2) is 5.31. The van der Waals surface area contributed by atoms with Crippen molar-refractivity contribution in [3.8, 4) is 6.07 Å². The molecule has 6 nitrogen and oxygen atoms in total. The maximum Gasteiger partial charge on any atom is 0.262 e. The van der Waals surface area contributed by atoms with Gasteiger partial charge in [0.15, 0.2) is 5.03 Å². The lowest BCUT2D eigenvalue weighted by Gasteiger charge is -2.18. The molecule has 0 radical (unpaired) electrons. The number of nitriles is 1. The van der Waals surface area contributed by atoms with Crippen LogP contribution < -0.4 is 0 Å². The minimum Gasteiger partial charge on any atom is -0.334 e. The molecule has 0 amide bonds. The molecule has 7 heteroatoms. The molecule has 0 N–H and O–H groups in total. The molecule has 1 fully saturated rings. The fourth-order valence-electron chi connectivity index (χ4n) is 2.07. The summed E-state index contributed by atoms with van der Waals surface area (Å²) in [6, 6.07) is 2.05. The third kappa shape index (κ3) is 2.80. The largest absolute Gasteiger partial charge is 0.334 e. The van der Waals surface area contributed by atoms with Gasteiger partial charge in [-0.05, 0) is 26.7 Å². The van der Waals surface area contributed by atoms with Crippen molar-refractivity contribution in [1.82, 2.24) is 13.9 Å². The standard InChI is InChI=1S/C12H18N4O2S/c1-3-15-9-12(14-10(15)2)19(17,18)16(8-4-7-13)11-5-6-11/h9,11H,3-6,8H2,1-2H3. The summed E-state index contributed by atoms with van der Waals surface area (Å²) in [5.41, 5.74) is 0. The van der Waals surface area contributed by atoms with Gasteiger partial charge in [0.2, 0.25) is 0 Å². The van der Waals surface area contributed by atoms with Crippen molar-refractivity contribution in [2.24, 2.45) is 0 Å². The van der Waals surface area contributed by atoms with Gasteiger partial charge in [0.25, 0.3) is 10.0 Å². The summed E-state index contributed by atoms with van der Waals surface area (Å²) in [4.78, 5) is 4.14. The molecule has 2 rings (SSSR count). The molecule has 1 aliphatic carbocycles. The number of aromatic nitrogens is 2. The highest BCUT2D eigenvalue weighted by Crippen LogP contribution is 2.31. The van der Waals surface area contributed by atoms with Crippen LogP contribution in [-0.2, 0) is 16.6 Å². The Morgan fingerprint density at radius 3 is 2.74 bits per heavy atom. The first-order valence-corrected chi connectivity index (χ1v) is 7.87. The average molecular weight is 282 g/mol. The van der Waals surface area contributed by atoms with Gasteiger partial charge in [-0.15, -0.1) is 0 Å². The van der Waals surface area contributed by atoms with E-state index in [0.29, 0.717) is 12.4 Å². The summed E-state index contributed by atoms with van der Waals surface area (Å²) in [6.07, 6.45) is 3.53. The number of sulfonamides is 1. The Morgan fingerprint density at radius 1 is 1.58 bits per heavy atom. The second-order valence-electron chi connectivity index (χ2n) is 4.67. The molecule has 0 spiro atoms. The predicted octanol–water partition coefficient (Wildman–Crippen LogP) is 1.28. The molecule has 1 aliphatic rings. The van der Waals surface area contributed by atoms with Crippen molar-refractivity contribution in [2.75, 3.05) is 6.54 Å². The Hall–Kier alpha value is -1.39. The minimum absolute atomic E-state index is 0.0467. The molecule has 0 unspecified atom stereocenters. The molecule has 1 aromatic rings. The molecule has 0 aliphatic heterocycles. The predicted molar refractivity (Wildman–Crippen MR) is 69.8 cm³/mol. The molecule has 104 valence electrons. The van der Waals surface area contributed by atoms with Crippen molar-refractivity contribution < 1.29 is 8.42 Å². The number of hydrogen-bond acceptors (Lipinski definition) is 4. The highest BCUT2D eigenvalue weighted by Gasteiger charge is 2.38. The summed E-state index contributed by atoms with van der Waals surface area (Å²) < 4.78 is 28.3. The van der Waals surface area contributed by atoms with Crippen LogP contribution >= 0.6 is 0 Å². The fourth-order valence-corrected chi connectivity index (χ4v) is 3.75. The number of hydrogen-bond donors (Lipinski definition) is 0. The molecular weight excluding hydrogens is 264 g/mol. The Bertz CT molecular complexity index is 596. The van der Waals surface area contributed by atoms with E-state index in [0.717, 1.165) is 12.8 Å². The first kappa shape index (κ1) is 14.0. The zero-order valence-electron chi connectivity index (χ0n) is 11.2. The van der Waals surface area contributed by atoms with E-state index >= 15 is 0 Å². The van der Waals surface area contributed by atoms with Crippen LogP contribution in [0.2, 0.25) is 0 Å². The molecule has 1 saturated carbocycles. The zero-order chi connectivity index (χ0) is 14.0. The Balaban J connectivity index is 2.30. The van der Waals surface area contributed by atoms with E-state index in [1.54, 1.807) is 13.1 Å².